The molecule has 172 valence electrons. The number of carbonyl (C=O) groups is 2. The van der Waals surface area contributed by atoms with Crippen molar-refractivity contribution >= 4 is 23.4 Å². The fourth-order valence-corrected chi connectivity index (χ4v) is 3.98. The molecule has 0 radical (unpaired) electrons. The molecule has 1 aliphatic rings. The molecular formula is C24H29ClN2O5. The predicted molar refractivity (Wildman–Crippen MR) is 123 cm³/mol. The monoisotopic (exact) mass is 460 g/mol. The van der Waals surface area contributed by atoms with Crippen LogP contribution in [0.15, 0.2) is 36.4 Å². The van der Waals surface area contributed by atoms with Gasteiger partial charge in [0.1, 0.15) is 0 Å². The number of halogens is 1. The number of hydrogen-bond acceptors (Lipinski definition) is 5. The minimum absolute atomic E-state index is 0.0151. The summed E-state index contributed by atoms with van der Waals surface area (Å²) in [5.41, 5.74) is 1.87. The van der Waals surface area contributed by atoms with E-state index in [9.17, 15) is 9.59 Å². The maximum absolute atomic E-state index is 12.8. The van der Waals surface area contributed by atoms with Crippen LogP contribution in [0.5, 0.6) is 11.5 Å². The summed E-state index contributed by atoms with van der Waals surface area (Å²) in [4.78, 5) is 27.2. The minimum atomic E-state index is -0.287. The first-order valence-electron chi connectivity index (χ1n) is 10.6. The summed E-state index contributed by atoms with van der Waals surface area (Å²) in [5, 5.41) is 3.17. The van der Waals surface area contributed by atoms with E-state index in [0.717, 1.165) is 5.56 Å². The molecule has 1 fully saturated rings. The van der Waals surface area contributed by atoms with Crippen molar-refractivity contribution in [3.05, 3.63) is 58.1 Å². The first kappa shape index (κ1) is 23.9. The summed E-state index contributed by atoms with van der Waals surface area (Å²) in [6.45, 7) is 7.68. The van der Waals surface area contributed by atoms with E-state index >= 15 is 0 Å². The lowest BCUT2D eigenvalue weighted by Crippen LogP contribution is -2.48. The molecule has 1 heterocycles. The third kappa shape index (κ3) is 5.72. The Kier molecular flexibility index (Phi) is 7.99. The Morgan fingerprint density at radius 1 is 1.12 bits per heavy atom. The number of hydrogen-bond donors (Lipinski definition) is 1. The predicted octanol–water partition coefficient (Wildman–Crippen LogP) is 3.93. The lowest BCUT2D eigenvalue weighted by atomic mass is 10.1. The van der Waals surface area contributed by atoms with Gasteiger partial charge in [-0.05, 0) is 50.6 Å². The van der Waals surface area contributed by atoms with Crippen LogP contribution in [0.4, 0.5) is 0 Å². The maximum Gasteiger partial charge on any atom is 0.254 e. The van der Waals surface area contributed by atoms with E-state index in [2.05, 4.69) is 5.32 Å². The topological polar surface area (TPSA) is 77.1 Å². The number of nitrogens with one attached hydrogen (secondary N) is 1. The van der Waals surface area contributed by atoms with Gasteiger partial charge in [0.15, 0.2) is 11.5 Å². The van der Waals surface area contributed by atoms with Crippen molar-refractivity contribution in [1.29, 1.82) is 0 Å². The molecule has 2 unspecified atom stereocenters. The van der Waals surface area contributed by atoms with Crippen LogP contribution in [0.25, 0.3) is 0 Å². The second kappa shape index (κ2) is 10.7. The van der Waals surface area contributed by atoms with Gasteiger partial charge in [-0.25, -0.2) is 0 Å². The molecule has 32 heavy (non-hydrogen) atoms. The van der Waals surface area contributed by atoms with E-state index in [-0.39, 0.29) is 24.0 Å². The lowest BCUT2D eigenvalue weighted by Gasteiger charge is -2.35. The van der Waals surface area contributed by atoms with E-state index < -0.39 is 0 Å². The molecule has 7 nitrogen and oxygen atoms in total. The Hall–Kier alpha value is -2.77. The van der Waals surface area contributed by atoms with E-state index in [1.165, 1.54) is 7.11 Å². The molecule has 2 aromatic rings. The van der Waals surface area contributed by atoms with Gasteiger partial charge in [0.25, 0.3) is 11.8 Å². The van der Waals surface area contributed by atoms with E-state index in [1.807, 2.05) is 37.8 Å². The number of methoxy groups -OCH3 is 1. The van der Waals surface area contributed by atoms with Crippen LogP contribution in [-0.4, -0.2) is 55.7 Å². The molecule has 0 aromatic heterocycles. The Labute approximate surface area is 193 Å². The highest BCUT2D eigenvalue weighted by atomic mass is 35.5. The van der Waals surface area contributed by atoms with E-state index in [0.29, 0.717) is 53.9 Å². The van der Waals surface area contributed by atoms with Gasteiger partial charge in [0.05, 0.1) is 30.9 Å². The molecule has 8 heteroatoms. The zero-order valence-electron chi connectivity index (χ0n) is 18.8. The molecule has 1 saturated heterocycles. The van der Waals surface area contributed by atoms with Gasteiger partial charge >= 0.3 is 0 Å². The van der Waals surface area contributed by atoms with Gasteiger partial charge in [-0.3, -0.25) is 9.59 Å². The van der Waals surface area contributed by atoms with Crippen molar-refractivity contribution in [2.24, 2.45) is 0 Å². The number of rotatable bonds is 7. The van der Waals surface area contributed by atoms with Gasteiger partial charge < -0.3 is 24.4 Å². The Balaban J connectivity index is 1.62. The molecule has 1 aliphatic heterocycles. The Morgan fingerprint density at radius 3 is 2.38 bits per heavy atom. The van der Waals surface area contributed by atoms with Crippen LogP contribution < -0.4 is 14.8 Å². The second-order valence-electron chi connectivity index (χ2n) is 7.77. The first-order valence-corrected chi connectivity index (χ1v) is 11.0. The molecular weight excluding hydrogens is 432 g/mol. The van der Waals surface area contributed by atoms with Crippen molar-refractivity contribution in [3.8, 4) is 11.5 Å². The highest BCUT2D eigenvalue weighted by molar-refractivity contribution is 6.32. The fourth-order valence-electron chi connectivity index (χ4n) is 3.71. The van der Waals surface area contributed by atoms with Crippen LogP contribution in [-0.2, 0) is 11.3 Å². The zero-order valence-corrected chi connectivity index (χ0v) is 19.6. The first-order chi connectivity index (χ1) is 15.3. The minimum Gasteiger partial charge on any atom is -0.493 e. The summed E-state index contributed by atoms with van der Waals surface area (Å²) in [6, 6.07) is 10.4. The summed E-state index contributed by atoms with van der Waals surface area (Å²) in [6.07, 6.45) is 0.0406. The average Bonchev–Trinajstić information content (AvgIpc) is 2.77. The van der Waals surface area contributed by atoms with Crippen molar-refractivity contribution in [3.63, 3.8) is 0 Å². The average molecular weight is 461 g/mol. The van der Waals surface area contributed by atoms with E-state index in [1.54, 1.807) is 24.3 Å². The highest BCUT2D eigenvalue weighted by Gasteiger charge is 2.26. The lowest BCUT2D eigenvalue weighted by molar-refractivity contribution is -0.0586. The molecule has 0 spiro atoms. The van der Waals surface area contributed by atoms with Crippen molar-refractivity contribution in [2.75, 3.05) is 26.8 Å². The van der Waals surface area contributed by atoms with Gasteiger partial charge in [-0.2, -0.15) is 0 Å². The molecule has 2 atom stereocenters. The smallest absolute Gasteiger partial charge is 0.254 e. The molecule has 0 aliphatic carbocycles. The quantitative estimate of drug-likeness (QED) is 0.677. The molecule has 2 amide bonds. The van der Waals surface area contributed by atoms with E-state index in [4.69, 9.17) is 25.8 Å². The molecule has 0 bridgehead atoms. The van der Waals surface area contributed by atoms with Gasteiger partial charge in [0.2, 0.25) is 0 Å². The number of ether oxygens (including phenoxy) is 3. The van der Waals surface area contributed by atoms with Crippen LogP contribution >= 0.6 is 11.6 Å². The highest BCUT2D eigenvalue weighted by Crippen LogP contribution is 2.36. The maximum atomic E-state index is 12.8. The van der Waals surface area contributed by atoms with Crippen LogP contribution in [0.1, 0.15) is 47.1 Å². The molecule has 2 aromatic carbocycles. The van der Waals surface area contributed by atoms with Crippen molar-refractivity contribution in [1.82, 2.24) is 10.2 Å². The third-order valence-corrected chi connectivity index (χ3v) is 5.42. The standard InChI is InChI=1S/C24H29ClN2O5/c1-5-31-22-20(25)10-19(11-21(22)30-4)23(28)26-12-17-6-8-18(9-7-17)24(29)27-13-15(2)32-16(3)14-27/h6-11,15-16H,5,12-14H2,1-4H3,(H,26,28). The van der Waals surface area contributed by atoms with Crippen molar-refractivity contribution in [2.45, 2.75) is 39.5 Å². The number of nitrogens with zero attached hydrogens (tertiary/aromatic N) is 1. The summed E-state index contributed by atoms with van der Waals surface area (Å²) in [5.74, 6) is 0.514. The number of benzene rings is 2. The van der Waals surface area contributed by atoms with Crippen LogP contribution in [0.3, 0.4) is 0 Å². The SMILES string of the molecule is CCOc1c(Cl)cc(C(=O)NCc2ccc(C(=O)N3CC(C)OC(C)C3)cc2)cc1OC. The third-order valence-electron chi connectivity index (χ3n) is 5.14. The number of morpholine rings is 1. The fraction of sp³-hybridized carbons (Fsp3) is 0.417. The molecule has 1 N–H and O–H groups in total. The Bertz CT molecular complexity index is 954. The largest absolute Gasteiger partial charge is 0.493 e. The second-order valence-corrected chi connectivity index (χ2v) is 8.18. The normalized spacial score (nSPS) is 18.2. The van der Waals surface area contributed by atoms with Crippen molar-refractivity contribution < 1.29 is 23.8 Å². The van der Waals surface area contributed by atoms with Gasteiger partial charge in [-0.1, -0.05) is 23.7 Å². The zero-order chi connectivity index (χ0) is 23.3. The molecule has 3 rings (SSSR count). The summed E-state index contributed by atoms with van der Waals surface area (Å²) in [7, 11) is 1.50. The number of amides is 2. The van der Waals surface area contributed by atoms with Crippen LogP contribution in [0.2, 0.25) is 5.02 Å². The summed E-state index contributed by atoms with van der Waals surface area (Å²) >= 11 is 6.25. The summed E-state index contributed by atoms with van der Waals surface area (Å²) < 4.78 is 16.5. The van der Waals surface area contributed by atoms with Crippen LogP contribution in [0, 0.1) is 0 Å². The van der Waals surface area contributed by atoms with Gasteiger partial charge in [0, 0.05) is 30.8 Å². The Morgan fingerprint density at radius 2 is 1.78 bits per heavy atom. The number of carbonyl (C=O) groups excluding carboxylic acids is 2. The van der Waals surface area contributed by atoms with Gasteiger partial charge in [-0.15, -0.1) is 0 Å². The molecule has 0 saturated carbocycles.